The highest BCUT2D eigenvalue weighted by atomic mass is 16.5. The van der Waals surface area contributed by atoms with Gasteiger partial charge < -0.3 is 31.0 Å². The van der Waals surface area contributed by atoms with Crippen LogP contribution in [0.1, 0.15) is 61.7 Å². The molecule has 174 valence electrons. The molecule has 0 radical (unpaired) electrons. The van der Waals surface area contributed by atoms with Gasteiger partial charge in [-0.3, -0.25) is 4.99 Å². The Kier molecular flexibility index (Phi) is 10.9. The second kappa shape index (κ2) is 12.3. The number of hydrogen-bond acceptors (Lipinski definition) is 7. The molecule has 3 heterocycles. The molecule has 2 saturated heterocycles. The lowest BCUT2D eigenvalue weighted by Crippen LogP contribution is -2.40. The minimum Gasteiger partial charge on any atom is -0.391 e. The lowest BCUT2D eigenvalue weighted by atomic mass is 9.87. The molecule has 0 amide bonds. The van der Waals surface area contributed by atoms with E-state index in [-0.39, 0.29) is 13.2 Å². The Hall–Kier alpha value is -1.54. The summed E-state index contributed by atoms with van der Waals surface area (Å²) in [7, 11) is 0. The molecule has 3 aliphatic rings. The minimum atomic E-state index is -0.500. The second-order valence-corrected chi connectivity index (χ2v) is 9.66. The van der Waals surface area contributed by atoms with Crippen molar-refractivity contribution in [2.45, 2.75) is 77.7 Å². The van der Waals surface area contributed by atoms with Crippen molar-refractivity contribution < 1.29 is 16.1 Å². The molecule has 0 aromatic rings. The summed E-state index contributed by atoms with van der Waals surface area (Å²) in [6.07, 6.45) is 10.5. The summed E-state index contributed by atoms with van der Waals surface area (Å²) in [6.45, 7) is 14.5. The molecule has 30 heavy (non-hydrogen) atoms. The molecular weight excluding hydrogens is 380 g/mol. The number of nitrogens with two attached hydrogens (primary N) is 1. The van der Waals surface area contributed by atoms with E-state index in [0.29, 0.717) is 11.8 Å². The predicted molar refractivity (Wildman–Crippen MR) is 125 cm³/mol. The van der Waals surface area contributed by atoms with Crippen molar-refractivity contribution in [2.24, 2.45) is 22.6 Å². The molecule has 2 fully saturated rings. The number of carbonyl (C=O) groups excluding carboxylic acids is 1. The molecule has 7 heteroatoms. The molecule has 0 aromatic heterocycles. The van der Waals surface area contributed by atoms with Crippen LogP contribution < -0.4 is 16.4 Å². The van der Waals surface area contributed by atoms with Crippen LogP contribution in [0.5, 0.6) is 0 Å². The van der Waals surface area contributed by atoms with E-state index < -0.39 is 5.60 Å². The van der Waals surface area contributed by atoms with Crippen molar-refractivity contribution in [3.8, 4) is 0 Å². The molecule has 3 aliphatic heterocycles. The van der Waals surface area contributed by atoms with E-state index in [0.717, 1.165) is 51.1 Å². The zero-order valence-electron chi connectivity index (χ0n) is 19.4. The number of ether oxygens (including phenoxy) is 1. The summed E-state index contributed by atoms with van der Waals surface area (Å²) in [5, 5.41) is 15.1. The fourth-order valence-electron chi connectivity index (χ4n) is 3.54. The number of aliphatic imine (C=N–C) groups is 1. The van der Waals surface area contributed by atoms with Gasteiger partial charge in [-0.25, -0.2) is 0 Å². The topological polar surface area (TPSA) is 109 Å². The molecular formula is C23H44N4O3. The lowest BCUT2D eigenvalue weighted by molar-refractivity contribution is -0.0980. The number of hydrogen-bond donors (Lipinski definition) is 4. The molecule has 7 nitrogen and oxygen atoms in total. The fourth-order valence-corrected chi connectivity index (χ4v) is 3.54. The Morgan fingerprint density at radius 3 is 2.43 bits per heavy atom. The van der Waals surface area contributed by atoms with Gasteiger partial charge in [-0.1, -0.05) is 0 Å². The first kappa shape index (κ1) is 26.5. The SMILES string of the molecule is C=O.CC(C)(C)O.CC1(C)CCC(C=NC2=C(C3CCNCC3)C=CNC2N)CO1.[HH]. The van der Waals surface area contributed by atoms with Crippen LogP contribution in [0.4, 0.5) is 0 Å². The van der Waals surface area contributed by atoms with Crippen molar-refractivity contribution >= 4 is 13.0 Å². The fraction of sp³-hybridized carbons (Fsp3) is 0.739. The Morgan fingerprint density at radius 2 is 1.90 bits per heavy atom. The van der Waals surface area contributed by atoms with E-state index in [9.17, 15) is 0 Å². The van der Waals surface area contributed by atoms with E-state index >= 15 is 0 Å². The first-order valence-corrected chi connectivity index (χ1v) is 10.9. The van der Waals surface area contributed by atoms with Crippen molar-refractivity contribution in [3.05, 3.63) is 23.5 Å². The predicted octanol–water partition coefficient (Wildman–Crippen LogP) is 2.76. The number of carbonyl (C=O) groups is 1. The van der Waals surface area contributed by atoms with Crippen LogP contribution in [0.25, 0.3) is 0 Å². The molecule has 2 unspecified atom stereocenters. The Labute approximate surface area is 183 Å². The largest absolute Gasteiger partial charge is 0.391 e. The Morgan fingerprint density at radius 1 is 1.30 bits per heavy atom. The van der Waals surface area contributed by atoms with Gasteiger partial charge in [-0.2, -0.15) is 0 Å². The maximum atomic E-state index is 8.52. The van der Waals surface area contributed by atoms with E-state index in [1.165, 1.54) is 5.57 Å². The number of allylic oxidation sites excluding steroid dienone is 2. The number of nitrogens with one attached hydrogen (secondary N) is 2. The van der Waals surface area contributed by atoms with Crippen molar-refractivity contribution in [1.82, 2.24) is 10.6 Å². The highest BCUT2D eigenvalue weighted by Crippen LogP contribution is 2.30. The van der Waals surface area contributed by atoms with Gasteiger partial charge in [0.1, 0.15) is 13.0 Å². The molecule has 3 rings (SSSR count). The van der Waals surface area contributed by atoms with Crippen LogP contribution >= 0.6 is 0 Å². The molecule has 0 spiro atoms. The van der Waals surface area contributed by atoms with Crippen molar-refractivity contribution in [3.63, 3.8) is 0 Å². The average molecular weight is 425 g/mol. The Balaban J connectivity index is 0.000000994. The van der Waals surface area contributed by atoms with Gasteiger partial charge in [0.15, 0.2) is 0 Å². The van der Waals surface area contributed by atoms with Gasteiger partial charge >= 0.3 is 0 Å². The number of piperidine rings is 1. The van der Waals surface area contributed by atoms with Gasteiger partial charge in [-0.15, -0.1) is 0 Å². The normalized spacial score (nSPS) is 26.9. The minimum absolute atomic E-state index is 0. The van der Waals surface area contributed by atoms with Crippen LogP contribution in [-0.2, 0) is 9.53 Å². The lowest BCUT2D eigenvalue weighted by Gasteiger charge is -2.33. The third-order valence-electron chi connectivity index (χ3n) is 5.14. The molecule has 0 saturated carbocycles. The van der Waals surface area contributed by atoms with E-state index in [4.69, 9.17) is 25.4 Å². The maximum absolute atomic E-state index is 8.52. The summed E-state index contributed by atoms with van der Waals surface area (Å²) < 4.78 is 5.91. The molecule has 0 aromatic carbocycles. The third-order valence-corrected chi connectivity index (χ3v) is 5.14. The third kappa shape index (κ3) is 9.98. The molecule has 5 N–H and O–H groups in total. The van der Waals surface area contributed by atoms with Crippen LogP contribution in [0, 0.1) is 11.8 Å². The first-order chi connectivity index (χ1) is 14.1. The number of dihydropyridines is 1. The molecule has 2 atom stereocenters. The van der Waals surface area contributed by atoms with E-state index in [2.05, 4.69) is 36.8 Å². The van der Waals surface area contributed by atoms with Crippen molar-refractivity contribution in [2.75, 3.05) is 19.7 Å². The zero-order valence-corrected chi connectivity index (χ0v) is 19.4. The summed E-state index contributed by atoms with van der Waals surface area (Å²) in [5.74, 6) is 0.956. The van der Waals surface area contributed by atoms with Gasteiger partial charge in [-0.05, 0) is 97.2 Å². The molecule has 0 aliphatic carbocycles. The summed E-state index contributed by atoms with van der Waals surface area (Å²) >= 11 is 0. The van der Waals surface area contributed by atoms with Gasteiger partial charge in [0.2, 0.25) is 0 Å². The first-order valence-electron chi connectivity index (χ1n) is 10.9. The smallest absolute Gasteiger partial charge is 0.118 e. The Bertz CT molecular complexity index is 592. The molecule has 0 bridgehead atoms. The van der Waals surface area contributed by atoms with E-state index in [1.54, 1.807) is 20.8 Å². The summed E-state index contributed by atoms with van der Waals surface area (Å²) in [5.41, 5.74) is 8.08. The highest BCUT2D eigenvalue weighted by molar-refractivity contribution is 5.63. The maximum Gasteiger partial charge on any atom is 0.118 e. The number of rotatable bonds is 3. The zero-order chi connectivity index (χ0) is 22.8. The quantitative estimate of drug-likeness (QED) is 0.519. The van der Waals surface area contributed by atoms with Crippen LogP contribution in [0.3, 0.4) is 0 Å². The average Bonchev–Trinajstić information content (AvgIpc) is 2.69. The number of aliphatic hydroxyl groups is 1. The van der Waals surface area contributed by atoms with Crippen LogP contribution in [0.15, 0.2) is 28.5 Å². The second-order valence-electron chi connectivity index (χ2n) is 9.66. The monoisotopic (exact) mass is 424 g/mol. The summed E-state index contributed by atoms with van der Waals surface area (Å²) in [6, 6.07) is 0. The van der Waals surface area contributed by atoms with Gasteiger partial charge in [0.05, 0.1) is 23.5 Å². The standard InChI is InChI=1S/C18H30N4O.C4H10O.CH2O.H2/c1-18(2)7-3-13(12-23-18)11-22-16-15(6-10-21-17(16)19)14-4-8-20-9-5-14;1-4(2,3)5;1-2;/h6,10-11,13-14,17,20-21H,3-5,7-9,12,19H2,1-2H3;5H,1-3H3;1H2;1H. The van der Waals surface area contributed by atoms with Crippen LogP contribution in [-0.4, -0.2) is 55.2 Å². The van der Waals surface area contributed by atoms with Crippen molar-refractivity contribution in [1.29, 1.82) is 0 Å². The summed E-state index contributed by atoms with van der Waals surface area (Å²) in [4.78, 5) is 12.8. The van der Waals surface area contributed by atoms with Crippen LogP contribution in [0.2, 0.25) is 0 Å². The van der Waals surface area contributed by atoms with Gasteiger partial charge in [0.25, 0.3) is 0 Å². The highest BCUT2D eigenvalue weighted by Gasteiger charge is 2.27. The van der Waals surface area contributed by atoms with E-state index in [1.807, 2.05) is 13.0 Å². The van der Waals surface area contributed by atoms with Gasteiger partial charge in [0, 0.05) is 13.6 Å². The number of nitrogens with zero attached hydrogens (tertiary/aromatic N) is 1.